The molecule has 0 N–H and O–H groups in total. The van der Waals surface area contributed by atoms with Gasteiger partial charge in [0.2, 0.25) is 0 Å². The van der Waals surface area contributed by atoms with Crippen LogP contribution in [0.1, 0.15) is 22.6 Å². The average molecular weight is 446 g/mol. The van der Waals surface area contributed by atoms with Gasteiger partial charge in [-0.1, -0.05) is 88.7 Å². The van der Waals surface area contributed by atoms with E-state index in [1.54, 1.807) is 0 Å². The summed E-state index contributed by atoms with van der Waals surface area (Å²) in [6.45, 7) is 0. The Balaban J connectivity index is 1.70. The van der Waals surface area contributed by atoms with E-state index < -0.39 is 0 Å². The lowest BCUT2D eigenvalue weighted by molar-refractivity contribution is 1.15. The second-order valence-electron chi connectivity index (χ2n) is 8.06. The fourth-order valence-electron chi connectivity index (χ4n) is 5.39. The molecule has 0 saturated heterocycles. The zero-order chi connectivity index (χ0) is 19.8. The first-order valence-corrected chi connectivity index (χ1v) is 11.0. The van der Waals surface area contributed by atoms with E-state index >= 15 is 0 Å². The maximum absolute atomic E-state index is 5.19. The number of nitrogens with zero attached hydrogens (tertiary/aromatic N) is 1. The third-order valence-electron chi connectivity index (χ3n) is 6.53. The van der Waals surface area contributed by atoms with Crippen LogP contribution in [0.4, 0.5) is 5.69 Å². The van der Waals surface area contributed by atoms with Crippen LogP contribution in [-0.4, -0.2) is 5.71 Å². The second kappa shape index (κ2) is 5.90. The Morgan fingerprint density at radius 2 is 1.47 bits per heavy atom. The summed E-state index contributed by atoms with van der Waals surface area (Å²) in [5.74, 6) is 0.129. The zero-order valence-corrected chi connectivity index (χ0v) is 17.6. The first-order chi connectivity index (χ1) is 14.8. The van der Waals surface area contributed by atoms with Crippen LogP contribution in [0.25, 0.3) is 22.3 Å². The quantitative estimate of drug-likeness (QED) is 0.355. The molecular formula is C28H16BrN. The highest BCUT2D eigenvalue weighted by molar-refractivity contribution is 9.10. The van der Waals surface area contributed by atoms with Crippen molar-refractivity contribution in [2.24, 2.45) is 4.99 Å². The van der Waals surface area contributed by atoms with Crippen molar-refractivity contribution in [1.82, 2.24) is 0 Å². The molecule has 1 atom stereocenters. The molecule has 1 aliphatic heterocycles. The Kier molecular flexibility index (Phi) is 3.26. The van der Waals surface area contributed by atoms with Crippen LogP contribution < -0.4 is 10.4 Å². The van der Waals surface area contributed by atoms with Crippen molar-refractivity contribution in [2.75, 3.05) is 0 Å². The van der Waals surface area contributed by atoms with Crippen LogP contribution in [0.3, 0.4) is 0 Å². The minimum absolute atomic E-state index is 0.129. The number of hydrogen-bond donors (Lipinski definition) is 0. The van der Waals surface area contributed by atoms with Crippen LogP contribution in [0.5, 0.6) is 0 Å². The summed E-state index contributed by atoms with van der Waals surface area (Å²) in [5.41, 5.74) is 11.5. The van der Waals surface area contributed by atoms with E-state index in [1.807, 2.05) is 0 Å². The fourth-order valence-corrected chi connectivity index (χ4v) is 5.75. The van der Waals surface area contributed by atoms with Crippen molar-refractivity contribution in [3.8, 4) is 11.1 Å². The van der Waals surface area contributed by atoms with Crippen LogP contribution in [0.15, 0.2) is 100 Å². The van der Waals surface area contributed by atoms with Crippen LogP contribution in [0.2, 0.25) is 0 Å². The molecule has 0 amide bonds. The van der Waals surface area contributed by atoms with Gasteiger partial charge >= 0.3 is 0 Å². The van der Waals surface area contributed by atoms with Crippen molar-refractivity contribution in [3.63, 3.8) is 0 Å². The Morgan fingerprint density at radius 3 is 2.37 bits per heavy atom. The van der Waals surface area contributed by atoms with E-state index in [2.05, 4.69) is 107 Å². The molecule has 0 fully saturated rings. The minimum Gasteiger partial charge on any atom is -0.251 e. The molecule has 0 bridgehead atoms. The van der Waals surface area contributed by atoms with Gasteiger partial charge in [-0.15, -0.1) is 0 Å². The first-order valence-electron chi connectivity index (χ1n) is 10.2. The summed E-state index contributed by atoms with van der Waals surface area (Å²) in [7, 11) is 0. The van der Waals surface area contributed by atoms with Crippen molar-refractivity contribution >= 4 is 38.5 Å². The summed E-state index contributed by atoms with van der Waals surface area (Å²) in [6.07, 6.45) is 0. The molecule has 1 unspecified atom stereocenters. The van der Waals surface area contributed by atoms with E-state index in [9.17, 15) is 0 Å². The molecular weight excluding hydrogens is 430 g/mol. The highest BCUT2D eigenvalue weighted by atomic mass is 79.9. The summed E-state index contributed by atoms with van der Waals surface area (Å²) >= 11 is 3.68. The Morgan fingerprint density at radius 1 is 0.667 bits per heavy atom. The van der Waals surface area contributed by atoms with Gasteiger partial charge in [-0.3, -0.25) is 4.99 Å². The number of para-hydroxylation sites is 1. The Bertz CT molecular complexity index is 1540. The predicted octanol–water partition coefficient (Wildman–Crippen LogP) is 5.71. The largest absolute Gasteiger partial charge is 0.251 e. The highest BCUT2D eigenvalue weighted by Gasteiger charge is 2.38. The average Bonchev–Trinajstić information content (AvgIpc) is 3.32. The third kappa shape index (κ3) is 2.04. The maximum Gasteiger partial charge on any atom is 0.0712 e. The van der Waals surface area contributed by atoms with Crippen molar-refractivity contribution in [3.05, 3.63) is 123 Å². The van der Waals surface area contributed by atoms with Crippen LogP contribution in [0, 0.1) is 0 Å². The summed E-state index contributed by atoms with van der Waals surface area (Å²) in [4.78, 5) is 5.19. The molecule has 0 radical (unpaired) electrons. The lowest BCUT2D eigenvalue weighted by Gasteiger charge is -2.25. The molecule has 2 heteroatoms. The van der Waals surface area contributed by atoms with E-state index in [4.69, 9.17) is 4.99 Å². The Labute approximate surface area is 182 Å². The van der Waals surface area contributed by atoms with E-state index in [-0.39, 0.29) is 5.92 Å². The molecule has 0 aromatic heterocycles. The topological polar surface area (TPSA) is 12.4 Å². The molecule has 7 rings (SSSR count). The molecule has 4 aromatic rings. The standard InChI is InChI=1S/C28H16BrN/c29-17-13-14-19-22(15-17)18-10-6-11-21-25(18)27(19)24(16-7-2-1-3-8-16)28-26(21)20-9-4-5-12-23(20)30-28/h1-15,24H. The number of hydrogen-bond acceptors (Lipinski definition) is 1. The molecule has 1 heterocycles. The van der Waals surface area contributed by atoms with Crippen molar-refractivity contribution in [2.45, 2.75) is 5.92 Å². The van der Waals surface area contributed by atoms with Crippen molar-refractivity contribution in [1.29, 1.82) is 0 Å². The van der Waals surface area contributed by atoms with Gasteiger partial charge in [0.1, 0.15) is 0 Å². The zero-order valence-electron chi connectivity index (χ0n) is 16.1. The van der Waals surface area contributed by atoms with Crippen molar-refractivity contribution < 1.29 is 0 Å². The third-order valence-corrected chi connectivity index (χ3v) is 7.02. The van der Waals surface area contributed by atoms with Gasteiger partial charge in [-0.2, -0.15) is 0 Å². The number of aliphatic imine (C=N–C) groups is 1. The highest BCUT2D eigenvalue weighted by Crippen LogP contribution is 2.47. The fraction of sp³-hybridized carbons (Fsp3) is 0.0357. The lowest BCUT2D eigenvalue weighted by atomic mass is 9.77. The van der Waals surface area contributed by atoms with Gasteiger partial charge in [-0.05, 0) is 56.5 Å². The molecule has 2 aliphatic carbocycles. The molecule has 140 valence electrons. The maximum atomic E-state index is 5.19. The number of rotatable bonds is 1. The van der Waals surface area contributed by atoms with Crippen LogP contribution in [-0.2, 0) is 0 Å². The Hall–Kier alpha value is -3.23. The van der Waals surface area contributed by atoms with E-state index in [1.165, 1.54) is 55.1 Å². The normalized spacial score (nSPS) is 17.2. The summed E-state index contributed by atoms with van der Waals surface area (Å²) < 4.78 is 1.12. The molecule has 0 spiro atoms. The van der Waals surface area contributed by atoms with Gasteiger partial charge in [0.05, 0.1) is 17.3 Å². The van der Waals surface area contributed by atoms with Gasteiger partial charge in [0.15, 0.2) is 0 Å². The second-order valence-corrected chi connectivity index (χ2v) is 8.98. The number of benzene rings is 4. The number of halogens is 1. The van der Waals surface area contributed by atoms with E-state index in [0.717, 1.165) is 10.2 Å². The van der Waals surface area contributed by atoms with E-state index in [0.29, 0.717) is 0 Å². The molecule has 3 aliphatic rings. The molecule has 0 saturated carbocycles. The lowest BCUT2D eigenvalue weighted by Crippen LogP contribution is -2.38. The minimum atomic E-state index is 0.129. The smallest absolute Gasteiger partial charge is 0.0712 e. The monoisotopic (exact) mass is 445 g/mol. The molecule has 30 heavy (non-hydrogen) atoms. The van der Waals surface area contributed by atoms with Gasteiger partial charge in [-0.25, -0.2) is 0 Å². The van der Waals surface area contributed by atoms with Gasteiger partial charge in [0.25, 0.3) is 0 Å². The first kappa shape index (κ1) is 16.6. The van der Waals surface area contributed by atoms with Gasteiger partial charge in [0, 0.05) is 15.6 Å². The van der Waals surface area contributed by atoms with Gasteiger partial charge < -0.3 is 0 Å². The SMILES string of the molecule is Brc1ccc2c(c1)-c1cccc3c1=C2C(c1ccccc1)C1=Nc2ccccc2C=31. The summed E-state index contributed by atoms with van der Waals surface area (Å²) in [6, 6.07) is 32.8. The number of fused-ring (bicyclic) bond motifs is 6. The molecule has 1 nitrogen and oxygen atoms in total. The summed E-state index contributed by atoms with van der Waals surface area (Å²) in [5, 5.41) is 2.69. The predicted molar refractivity (Wildman–Crippen MR) is 127 cm³/mol. The van der Waals surface area contributed by atoms with Crippen LogP contribution >= 0.6 is 15.9 Å². The molecule has 4 aromatic carbocycles.